The van der Waals surface area contributed by atoms with E-state index in [-0.39, 0.29) is 18.2 Å². The number of carbonyl (C=O) groups is 2. The van der Waals surface area contributed by atoms with Crippen LogP contribution in [-0.4, -0.2) is 17.5 Å². The molecule has 1 aliphatic heterocycles. The molecule has 0 saturated carbocycles. The van der Waals surface area contributed by atoms with Crippen molar-refractivity contribution >= 4 is 34.6 Å². The molecule has 3 rings (SSSR count). The fraction of sp³-hybridized carbons (Fsp3) is 0.316. The monoisotopic (exact) mass is 355 g/mol. The van der Waals surface area contributed by atoms with E-state index in [1.807, 2.05) is 50.4 Å². The maximum absolute atomic E-state index is 12.5. The van der Waals surface area contributed by atoms with Crippen molar-refractivity contribution in [3.63, 3.8) is 0 Å². The first kappa shape index (κ1) is 17.4. The third-order valence-electron chi connectivity index (χ3n) is 4.27. The van der Waals surface area contributed by atoms with Crippen molar-refractivity contribution in [2.24, 2.45) is 5.10 Å². The first-order chi connectivity index (χ1) is 12.0. The Hall–Kier alpha value is -2.47. The molecule has 0 saturated heterocycles. The summed E-state index contributed by atoms with van der Waals surface area (Å²) in [5.74, 6) is -0.296. The molecule has 5 nitrogen and oxygen atoms in total. The predicted molar refractivity (Wildman–Crippen MR) is 101 cm³/mol. The number of hydrogen-bond donors (Lipinski definition) is 1. The third kappa shape index (κ3) is 3.79. The van der Waals surface area contributed by atoms with Gasteiger partial charge in [-0.3, -0.25) is 9.59 Å². The average molecular weight is 355 g/mol. The Labute approximate surface area is 151 Å². The van der Waals surface area contributed by atoms with E-state index in [0.717, 1.165) is 21.7 Å². The van der Waals surface area contributed by atoms with E-state index >= 15 is 0 Å². The zero-order valence-corrected chi connectivity index (χ0v) is 15.4. The van der Waals surface area contributed by atoms with E-state index in [1.54, 1.807) is 11.3 Å². The molecule has 0 unspecified atom stereocenters. The molecule has 1 N–H and O–H groups in total. The fourth-order valence-corrected chi connectivity index (χ4v) is 3.55. The number of hydrazone groups is 1. The van der Waals surface area contributed by atoms with Gasteiger partial charge in [-0.1, -0.05) is 12.1 Å². The van der Waals surface area contributed by atoms with Gasteiger partial charge in [0.1, 0.15) is 5.71 Å². The van der Waals surface area contributed by atoms with Crippen LogP contribution in [0.5, 0.6) is 0 Å². The molecular weight excluding hydrogens is 334 g/mol. The van der Waals surface area contributed by atoms with E-state index in [0.29, 0.717) is 18.7 Å². The van der Waals surface area contributed by atoms with Gasteiger partial charge in [0.25, 0.3) is 5.91 Å². The lowest BCUT2D eigenvalue weighted by atomic mass is 10.1. The number of thiophene rings is 1. The lowest BCUT2D eigenvalue weighted by Crippen LogP contribution is -2.39. The van der Waals surface area contributed by atoms with Gasteiger partial charge in [0, 0.05) is 17.7 Å². The summed E-state index contributed by atoms with van der Waals surface area (Å²) in [5.41, 5.74) is 4.31. The Morgan fingerprint density at radius 3 is 2.72 bits per heavy atom. The zero-order valence-electron chi connectivity index (χ0n) is 14.6. The molecule has 0 bridgehead atoms. The number of anilines is 1. The van der Waals surface area contributed by atoms with Crippen LogP contribution in [0.25, 0.3) is 0 Å². The Kier molecular flexibility index (Phi) is 4.99. The largest absolute Gasteiger partial charge is 0.346 e. The lowest BCUT2D eigenvalue weighted by molar-refractivity contribution is -0.119. The topological polar surface area (TPSA) is 61.8 Å². The second kappa shape index (κ2) is 7.19. The summed E-state index contributed by atoms with van der Waals surface area (Å²) >= 11 is 1.62. The summed E-state index contributed by atoms with van der Waals surface area (Å²) < 4.78 is 0. The van der Waals surface area contributed by atoms with Crippen LogP contribution in [0.1, 0.15) is 34.4 Å². The number of benzene rings is 1. The second-order valence-electron chi connectivity index (χ2n) is 6.25. The van der Waals surface area contributed by atoms with Crippen molar-refractivity contribution < 1.29 is 9.59 Å². The highest BCUT2D eigenvalue weighted by atomic mass is 32.1. The minimum Gasteiger partial charge on any atom is -0.346 e. The van der Waals surface area contributed by atoms with Gasteiger partial charge in [-0.15, -0.1) is 11.3 Å². The van der Waals surface area contributed by atoms with Crippen LogP contribution in [-0.2, 0) is 16.1 Å². The summed E-state index contributed by atoms with van der Waals surface area (Å²) in [7, 11) is 0. The van der Waals surface area contributed by atoms with Crippen LogP contribution in [0.15, 0.2) is 34.7 Å². The van der Waals surface area contributed by atoms with E-state index < -0.39 is 0 Å². The number of carbonyl (C=O) groups excluding carboxylic acids is 2. The molecule has 0 spiro atoms. The molecular formula is C19H21N3O2S. The highest BCUT2D eigenvalue weighted by molar-refractivity contribution is 7.10. The third-order valence-corrected chi connectivity index (χ3v) is 5.29. The molecule has 1 aromatic heterocycles. The van der Waals surface area contributed by atoms with Gasteiger partial charge < -0.3 is 5.32 Å². The van der Waals surface area contributed by atoms with Gasteiger partial charge >= 0.3 is 0 Å². The average Bonchev–Trinajstić information content (AvgIpc) is 3.00. The van der Waals surface area contributed by atoms with Gasteiger partial charge in [-0.05, 0) is 55.0 Å². The van der Waals surface area contributed by atoms with Crippen LogP contribution in [0, 0.1) is 20.8 Å². The van der Waals surface area contributed by atoms with Crippen LogP contribution in [0.3, 0.4) is 0 Å². The van der Waals surface area contributed by atoms with Crippen LogP contribution < -0.4 is 10.3 Å². The molecule has 0 radical (unpaired) electrons. The van der Waals surface area contributed by atoms with Crippen LogP contribution in [0.2, 0.25) is 0 Å². The molecule has 1 aromatic carbocycles. The highest BCUT2D eigenvalue weighted by Crippen LogP contribution is 2.25. The Morgan fingerprint density at radius 2 is 2.00 bits per heavy atom. The van der Waals surface area contributed by atoms with E-state index in [2.05, 4.69) is 10.4 Å². The summed E-state index contributed by atoms with van der Waals surface area (Å²) in [6.07, 6.45) is 0.660. The maximum Gasteiger partial charge on any atom is 0.267 e. The Balaban J connectivity index is 1.79. The van der Waals surface area contributed by atoms with E-state index in [4.69, 9.17) is 0 Å². The number of hydrogen-bond acceptors (Lipinski definition) is 4. The molecule has 1 aliphatic rings. The number of amides is 2. The van der Waals surface area contributed by atoms with Gasteiger partial charge in [-0.25, -0.2) is 5.01 Å². The molecule has 2 heterocycles. The van der Waals surface area contributed by atoms with Crippen molar-refractivity contribution in [1.29, 1.82) is 0 Å². The second-order valence-corrected chi connectivity index (χ2v) is 7.25. The minimum atomic E-state index is -0.212. The fourth-order valence-electron chi connectivity index (χ4n) is 2.70. The van der Waals surface area contributed by atoms with Crippen molar-refractivity contribution in [3.05, 3.63) is 51.2 Å². The van der Waals surface area contributed by atoms with Gasteiger partial charge in [0.15, 0.2) is 0 Å². The summed E-state index contributed by atoms with van der Waals surface area (Å²) in [6, 6.07) is 7.91. The summed E-state index contributed by atoms with van der Waals surface area (Å²) in [4.78, 5) is 25.9. The molecule has 2 aromatic rings. The molecule has 130 valence electrons. The number of rotatable bonds is 4. The van der Waals surface area contributed by atoms with E-state index in [9.17, 15) is 9.59 Å². The molecule has 2 amide bonds. The maximum atomic E-state index is 12.5. The van der Waals surface area contributed by atoms with Crippen molar-refractivity contribution in [1.82, 2.24) is 5.32 Å². The van der Waals surface area contributed by atoms with Crippen molar-refractivity contribution in [3.8, 4) is 0 Å². The predicted octanol–water partition coefficient (Wildman–Crippen LogP) is 3.47. The van der Waals surface area contributed by atoms with Crippen LogP contribution >= 0.6 is 11.3 Å². The number of aryl methyl sites for hydroxylation is 3. The summed E-state index contributed by atoms with van der Waals surface area (Å²) in [6.45, 7) is 6.42. The normalized spacial score (nSPS) is 14.4. The van der Waals surface area contributed by atoms with Crippen molar-refractivity contribution in [2.45, 2.75) is 40.2 Å². The lowest BCUT2D eigenvalue weighted by Gasteiger charge is -2.24. The van der Waals surface area contributed by atoms with Gasteiger partial charge in [0.05, 0.1) is 12.2 Å². The standard InChI is InChI=1S/C19H21N3O2S/c1-12-4-5-13(2)16(10-12)22-18(23)7-6-15(21-22)19(24)20-11-17-14(3)8-9-25-17/h4-5,8-10H,6-7,11H2,1-3H3,(H,20,24). The molecule has 6 heteroatoms. The number of nitrogens with zero attached hydrogens (tertiary/aromatic N) is 2. The Morgan fingerprint density at radius 1 is 1.20 bits per heavy atom. The van der Waals surface area contributed by atoms with E-state index in [1.165, 1.54) is 10.6 Å². The van der Waals surface area contributed by atoms with Crippen LogP contribution in [0.4, 0.5) is 5.69 Å². The SMILES string of the molecule is Cc1ccc(C)c(N2N=C(C(=O)NCc3sccc3C)CCC2=O)c1. The smallest absolute Gasteiger partial charge is 0.267 e. The van der Waals surface area contributed by atoms with Crippen molar-refractivity contribution in [2.75, 3.05) is 5.01 Å². The Bertz CT molecular complexity index is 854. The highest BCUT2D eigenvalue weighted by Gasteiger charge is 2.26. The number of nitrogens with one attached hydrogen (secondary N) is 1. The first-order valence-corrected chi connectivity index (χ1v) is 9.12. The summed E-state index contributed by atoms with van der Waals surface area (Å²) in [5, 5.41) is 10.6. The zero-order chi connectivity index (χ0) is 18.0. The molecule has 0 fully saturated rings. The van der Waals surface area contributed by atoms with Gasteiger partial charge in [0.2, 0.25) is 5.91 Å². The molecule has 25 heavy (non-hydrogen) atoms. The quantitative estimate of drug-likeness (QED) is 0.913. The minimum absolute atomic E-state index is 0.0839. The molecule has 0 atom stereocenters. The van der Waals surface area contributed by atoms with Gasteiger partial charge in [-0.2, -0.15) is 5.10 Å². The molecule has 0 aliphatic carbocycles. The first-order valence-electron chi connectivity index (χ1n) is 8.24.